The number of hydrogen-bond donors (Lipinski definition) is 2. The van der Waals surface area contributed by atoms with Crippen LogP contribution in [0, 0.1) is 0 Å². The lowest BCUT2D eigenvalue weighted by Gasteiger charge is -2.34. The fourth-order valence-electron chi connectivity index (χ4n) is 4.16. The topological polar surface area (TPSA) is 52.1 Å². The molecular weight excluding hydrogens is 429 g/mol. The third-order valence-electron chi connectivity index (χ3n) is 5.76. The Morgan fingerprint density at radius 1 is 1.12 bits per heavy atom. The summed E-state index contributed by atoms with van der Waals surface area (Å²) in [6.45, 7) is 10.6. The van der Waals surface area contributed by atoms with Gasteiger partial charge in [0.2, 0.25) is 0 Å². The second-order valence-electron chi connectivity index (χ2n) is 7.34. The van der Waals surface area contributed by atoms with Crippen LogP contribution in [0.5, 0.6) is 0 Å². The minimum Gasteiger partial charge on any atom is -0.373 e. The van der Waals surface area contributed by atoms with Gasteiger partial charge in [0.05, 0.1) is 18.2 Å². The van der Waals surface area contributed by atoms with Crippen LogP contribution in [0.25, 0.3) is 0 Å². The molecule has 3 aliphatic rings. The summed E-state index contributed by atoms with van der Waals surface area (Å²) in [5.74, 6) is 0.938. The molecule has 146 valence electrons. The van der Waals surface area contributed by atoms with Crippen molar-refractivity contribution >= 4 is 29.9 Å². The summed E-state index contributed by atoms with van der Waals surface area (Å²) in [6.07, 6.45) is 6.91. The molecule has 6 nitrogen and oxygen atoms in total. The van der Waals surface area contributed by atoms with E-state index in [1.807, 2.05) is 7.05 Å². The van der Waals surface area contributed by atoms with E-state index in [0.717, 1.165) is 18.9 Å². The van der Waals surface area contributed by atoms with E-state index in [2.05, 4.69) is 32.3 Å². The van der Waals surface area contributed by atoms with Crippen molar-refractivity contribution < 1.29 is 4.74 Å². The van der Waals surface area contributed by atoms with E-state index < -0.39 is 0 Å². The van der Waals surface area contributed by atoms with Gasteiger partial charge in [-0.2, -0.15) is 0 Å². The summed E-state index contributed by atoms with van der Waals surface area (Å²) in [6, 6.07) is 0.449. The highest BCUT2D eigenvalue weighted by Gasteiger charge is 2.41. The van der Waals surface area contributed by atoms with Crippen molar-refractivity contribution in [3.63, 3.8) is 0 Å². The molecule has 3 heterocycles. The Morgan fingerprint density at radius 2 is 1.88 bits per heavy atom. The van der Waals surface area contributed by atoms with Gasteiger partial charge >= 0.3 is 0 Å². The number of piperazine rings is 1. The van der Waals surface area contributed by atoms with E-state index in [1.54, 1.807) is 0 Å². The van der Waals surface area contributed by atoms with Crippen molar-refractivity contribution in [2.75, 3.05) is 52.9 Å². The van der Waals surface area contributed by atoms with Crippen molar-refractivity contribution in [1.82, 2.24) is 20.4 Å². The fourth-order valence-corrected chi connectivity index (χ4v) is 4.16. The number of guanidine groups is 1. The van der Waals surface area contributed by atoms with Crippen LogP contribution in [0.1, 0.15) is 39.0 Å². The van der Waals surface area contributed by atoms with E-state index in [1.165, 1.54) is 65.0 Å². The third kappa shape index (κ3) is 6.22. The number of unbranched alkanes of at least 4 members (excludes halogenated alkanes) is 1. The van der Waals surface area contributed by atoms with Crippen LogP contribution in [-0.2, 0) is 4.74 Å². The zero-order valence-corrected chi connectivity index (χ0v) is 18.2. The quantitative estimate of drug-likeness (QED) is 0.259. The predicted octanol–water partition coefficient (Wildman–Crippen LogP) is 1.51. The summed E-state index contributed by atoms with van der Waals surface area (Å²) >= 11 is 0. The number of fused-ring (bicyclic) bond motifs is 2. The number of likely N-dealkylation sites (N-methyl/N-ethyl adjacent to an activating group) is 1. The molecule has 3 fully saturated rings. The molecule has 0 aliphatic carbocycles. The van der Waals surface area contributed by atoms with E-state index in [4.69, 9.17) is 4.74 Å². The van der Waals surface area contributed by atoms with Crippen molar-refractivity contribution in [1.29, 1.82) is 0 Å². The molecule has 3 rings (SSSR count). The Labute approximate surface area is 170 Å². The van der Waals surface area contributed by atoms with Crippen molar-refractivity contribution in [3.8, 4) is 0 Å². The number of hydrogen-bond acceptors (Lipinski definition) is 4. The molecule has 0 aromatic carbocycles. The molecule has 25 heavy (non-hydrogen) atoms. The molecular formula is C18H36IN5O. The lowest BCUT2D eigenvalue weighted by atomic mass is 9.96. The molecule has 0 amide bonds. The van der Waals surface area contributed by atoms with Crippen LogP contribution in [0.2, 0.25) is 0 Å². The molecule has 2 N–H and O–H groups in total. The fraction of sp³-hybridized carbons (Fsp3) is 0.944. The van der Waals surface area contributed by atoms with Gasteiger partial charge in [-0.25, -0.2) is 0 Å². The minimum atomic E-state index is 0. The third-order valence-corrected chi connectivity index (χ3v) is 5.76. The van der Waals surface area contributed by atoms with Crippen LogP contribution in [0.3, 0.4) is 0 Å². The van der Waals surface area contributed by atoms with Crippen molar-refractivity contribution in [2.24, 2.45) is 4.99 Å². The van der Waals surface area contributed by atoms with Gasteiger partial charge in [0.25, 0.3) is 0 Å². The molecule has 0 saturated carbocycles. The summed E-state index contributed by atoms with van der Waals surface area (Å²) in [5, 5.41) is 7.01. The smallest absolute Gasteiger partial charge is 0.191 e. The van der Waals surface area contributed by atoms with Crippen molar-refractivity contribution in [3.05, 3.63) is 0 Å². The number of halogens is 1. The van der Waals surface area contributed by atoms with Crippen LogP contribution < -0.4 is 10.6 Å². The SMILES string of the molecule is CCN1CCN(CCCCNC(=NC)NC2CC3CCC2O3)CC1.I. The molecule has 3 saturated heterocycles. The molecule has 0 spiro atoms. The average molecular weight is 465 g/mol. The Balaban J connectivity index is 0.00000225. The molecule has 0 aromatic heterocycles. The Kier molecular flexibility index (Phi) is 9.23. The molecule has 3 aliphatic heterocycles. The van der Waals surface area contributed by atoms with E-state index in [0.29, 0.717) is 18.2 Å². The standard InChI is InChI=1S/C18H35N5O.HI/c1-3-22-10-12-23(13-11-22)9-5-4-8-20-18(19-2)21-16-14-15-6-7-17(16)24-15;/h15-17H,3-14H2,1-2H3,(H2,19,20,21);1H. The minimum absolute atomic E-state index is 0. The van der Waals surface area contributed by atoms with Crippen LogP contribution in [0.4, 0.5) is 0 Å². The van der Waals surface area contributed by atoms with Gasteiger partial charge in [-0.05, 0) is 45.2 Å². The van der Waals surface area contributed by atoms with Gasteiger partial charge in [-0.1, -0.05) is 6.92 Å². The molecule has 7 heteroatoms. The second kappa shape index (κ2) is 10.9. The van der Waals surface area contributed by atoms with Gasteiger partial charge in [0.15, 0.2) is 5.96 Å². The summed E-state index contributed by atoms with van der Waals surface area (Å²) in [7, 11) is 1.86. The second-order valence-corrected chi connectivity index (χ2v) is 7.34. The van der Waals surface area contributed by atoms with Crippen LogP contribution in [0.15, 0.2) is 4.99 Å². The largest absolute Gasteiger partial charge is 0.373 e. The first-order chi connectivity index (χ1) is 11.8. The lowest BCUT2D eigenvalue weighted by molar-refractivity contribution is 0.0992. The molecule has 2 bridgehead atoms. The monoisotopic (exact) mass is 465 g/mol. The van der Waals surface area contributed by atoms with Gasteiger partial charge in [0.1, 0.15) is 0 Å². The number of ether oxygens (including phenoxy) is 1. The van der Waals surface area contributed by atoms with E-state index in [-0.39, 0.29) is 24.0 Å². The first-order valence-corrected chi connectivity index (χ1v) is 9.86. The number of nitrogens with zero attached hydrogens (tertiary/aromatic N) is 3. The highest BCUT2D eigenvalue weighted by atomic mass is 127. The molecule has 3 unspecified atom stereocenters. The maximum Gasteiger partial charge on any atom is 0.191 e. The lowest BCUT2D eigenvalue weighted by Crippen LogP contribution is -2.48. The normalized spacial score (nSPS) is 30.3. The first-order valence-electron chi connectivity index (χ1n) is 9.86. The molecule has 0 aromatic rings. The average Bonchev–Trinajstić information content (AvgIpc) is 3.24. The van der Waals surface area contributed by atoms with E-state index in [9.17, 15) is 0 Å². The zero-order chi connectivity index (χ0) is 16.8. The van der Waals surface area contributed by atoms with Gasteiger partial charge in [-0.15, -0.1) is 24.0 Å². The summed E-state index contributed by atoms with van der Waals surface area (Å²) < 4.78 is 5.90. The maximum absolute atomic E-state index is 5.90. The van der Waals surface area contributed by atoms with Crippen molar-refractivity contribution in [2.45, 2.75) is 57.3 Å². The first kappa shape index (κ1) is 21.2. The van der Waals surface area contributed by atoms with Gasteiger partial charge in [0, 0.05) is 39.8 Å². The summed E-state index contributed by atoms with van der Waals surface area (Å²) in [4.78, 5) is 9.50. The van der Waals surface area contributed by atoms with Gasteiger partial charge in [-0.3, -0.25) is 4.99 Å². The summed E-state index contributed by atoms with van der Waals surface area (Å²) in [5.41, 5.74) is 0. The van der Waals surface area contributed by atoms with Crippen LogP contribution in [-0.4, -0.2) is 86.9 Å². The van der Waals surface area contributed by atoms with E-state index >= 15 is 0 Å². The highest BCUT2D eigenvalue weighted by Crippen LogP contribution is 2.34. The Hall–Kier alpha value is -0.120. The Morgan fingerprint density at radius 3 is 2.48 bits per heavy atom. The van der Waals surface area contributed by atoms with Crippen LogP contribution >= 0.6 is 24.0 Å². The molecule has 3 atom stereocenters. The van der Waals surface area contributed by atoms with Gasteiger partial charge < -0.3 is 25.2 Å². The Bertz CT molecular complexity index is 414. The zero-order valence-electron chi connectivity index (χ0n) is 15.9. The molecule has 0 radical (unpaired) electrons. The number of rotatable bonds is 7. The predicted molar refractivity (Wildman–Crippen MR) is 114 cm³/mol. The highest BCUT2D eigenvalue weighted by molar-refractivity contribution is 14.0. The maximum atomic E-state index is 5.90. The number of nitrogens with one attached hydrogen (secondary N) is 2. The number of aliphatic imine (C=N–C) groups is 1.